The predicted molar refractivity (Wildman–Crippen MR) is 73.2 cm³/mol. The van der Waals surface area contributed by atoms with E-state index in [1.807, 2.05) is 0 Å². The van der Waals surface area contributed by atoms with Gasteiger partial charge >= 0.3 is 0 Å². The van der Waals surface area contributed by atoms with Gasteiger partial charge in [0, 0.05) is 25.2 Å². The molecule has 0 bridgehead atoms. The number of likely N-dealkylation sites (tertiary alicyclic amines) is 1. The fourth-order valence-corrected chi connectivity index (χ4v) is 3.24. The van der Waals surface area contributed by atoms with Crippen LogP contribution in [0.25, 0.3) is 0 Å². The normalized spacial score (nSPS) is 31.4. The van der Waals surface area contributed by atoms with Gasteiger partial charge in [-0.1, -0.05) is 6.92 Å². The topological polar surface area (TPSA) is 58.4 Å². The molecule has 3 N–H and O–H groups in total. The minimum atomic E-state index is -0.206. The molecular weight excluding hydrogens is 226 g/mol. The van der Waals surface area contributed by atoms with Gasteiger partial charge < -0.3 is 11.1 Å². The summed E-state index contributed by atoms with van der Waals surface area (Å²) in [6.45, 7) is 4.79. The lowest BCUT2D eigenvalue weighted by Gasteiger charge is -2.36. The number of carbonyl (C=O) groups is 1. The highest BCUT2D eigenvalue weighted by Crippen LogP contribution is 2.24. The van der Waals surface area contributed by atoms with Crippen molar-refractivity contribution in [2.75, 3.05) is 19.6 Å². The Hall–Kier alpha value is -0.610. The highest BCUT2D eigenvalue weighted by atomic mass is 16.1. The van der Waals surface area contributed by atoms with E-state index in [2.05, 4.69) is 17.1 Å². The van der Waals surface area contributed by atoms with Crippen LogP contribution < -0.4 is 11.1 Å². The summed E-state index contributed by atoms with van der Waals surface area (Å²) in [6.07, 6.45) is 7.72. The van der Waals surface area contributed by atoms with E-state index < -0.39 is 0 Å². The predicted octanol–water partition coefficient (Wildman–Crippen LogP) is 1.10. The van der Waals surface area contributed by atoms with E-state index >= 15 is 0 Å². The van der Waals surface area contributed by atoms with Crippen LogP contribution in [-0.2, 0) is 4.79 Å². The molecule has 0 spiro atoms. The van der Waals surface area contributed by atoms with Gasteiger partial charge in [-0.25, -0.2) is 0 Å². The van der Waals surface area contributed by atoms with Crippen LogP contribution in [0.4, 0.5) is 0 Å². The molecule has 0 aromatic carbocycles. The minimum absolute atomic E-state index is 0.206. The molecule has 0 atom stereocenters. The van der Waals surface area contributed by atoms with E-state index in [9.17, 15) is 4.79 Å². The van der Waals surface area contributed by atoms with Gasteiger partial charge in [0.2, 0.25) is 5.91 Å². The number of rotatable bonds is 4. The average Bonchev–Trinajstić information content (AvgIpc) is 2.34. The number of amides is 1. The number of nitrogens with one attached hydrogen (secondary N) is 1. The molecule has 0 unspecified atom stereocenters. The summed E-state index contributed by atoms with van der Waals surface area (Å²) in [5.74, 6) is 0.711. The number of piperidine rings is 1. The third-order valence-electron chi connectivity index (χ3n) is 4.45. The van der Waals surface area contributed by atoms with Crippen molar-refractivity contribution in [1.82, 2.24) is 10.2 Å². The first-order valence-electron chi connectivity index (χ1n) is 7.40. The maximum absolute atomic E-state index is 10.9. The third kappa shape index (κ3) is 4.25. The van der Waals surface area contributed by atoms with Gasteiger partial charge in [0.15, 0.2) is 0 Å². The Balaban J connectivity index is 1.65. The summed E-state index contributed by atoms with van der Waals surface area (Å²) in [5, 5.41) is 3.81. The number of primary amides is 1. The van der Waals surface area contributed by atoms with Gasteiger partial charge in [-0.2, -0.15) is 0 Å². The Morgan fingerprint density at radius 2 is 1.67 bits per heavy atom. The molecule has 1 heterocycles. The monoisotopic (exact) mass is 253 g/mol. The molecule has 4 nitrogen and oxygen atoms in total. The van der Waals surface area contributed by atoms with Crippen LogP contribution in [0.3, 0.4) is 0 Å². The van der Waals surface area contributed by atoms with Gasteiger partial charge in [-0.15, -0.1) is 0 Å². The lowest BCUT2D eigenvalue weighted by molar-refractivity contribution is -0.119. The second kappa shape index (κ2) is 6.53. The maximum Gasteiger partial charge on any atom is 0.231 e. The molecule has 104 valence electrons. The van der Waals surface area contributed by atoms with E-state index in [1.165, 1.54) is 25.7 Å². The zero-order valence-electron chi connectivity index (χ0n) is 11.5. The van der Waals surface area contributed by atoms with Crippen molar-refractivity contribution >= 4 is 5.91 Å². The van der Waals surface area contributed by atoms with Crippen LogP contribution in [0, 0.1) is 5.92 Å². The zero-order valence-corrected chi connectivity index (χ0v) is 11.5. The molecule has 2 fully saturated rings. The van der Waals surface area contributed by atoms with Crippen molar-refractivity contribution in [1.29, 1.82) is 0 Å². The van der Waals surface area contributed by atoms with Crippen molar-refractivity contribution in [3.05, 3.63) is 0 Å². The first kappa shape index (κ1) is 13.8. The Morgan fingerprint density at radius 3 is 2.22 bits per heavy atom. The van der Waals surface area contributed by atoms with Crippen molar-refractivity contribution in [2.24, 2.45) is 11.7 Å². The number of carbonyl (C=O) groups excluding carboxylic acids is 1. The molecule has 2 aliphatic rings. The number of nitrogens with two attached hydrogens (primary N) is 1. The molecule has 0 aromatic rings. The number of nitrogens with zero attached hydrogens (tertiary/aromatic N) is 1. The Morgan fingerprint density at radius 1 is 1.11 bits per heavy atom. The van der Waals surface area contributed by atoms with E-state index in [1.54, 1.807) is 0 Å². The summed E-state index contributed by atoms with van der Waals surface area (Å²) >= 11 is 0. The zero-order chi connectivity index (χ0) is 13.0. The second-order valence-corrected chi connectivity index (χ2v) is 6.14. The van der Waals surface area contributed by atoms with Crippen LogP contribution in [-0.4, -0.2) is 42.5 Å². The lowest BCUT2D eigenvalue weighted by atomic mass is 9.86. The molecule has 1 amide bonds. The average molecular weight is 253 g/mol. The van der Waals surface area contributed by atoms with E-state index in [0.717, 1.165) is 37.9 Å². The van der Waals surface area contributed by atoms with Crippen LogP contribution in [0.1, 0.15) is 45.4 Å². The maximum atomic E-state index is 10.9. The van der Waals surface area contributed by atoms with Crippen LogP contribution in [0.15, 0.2) is 0 Å². The highest BCUT2D eigenvalue weighted by molar-refractivity contribution is 5.75. The fraction of sp³-hybridized carbons (Fsp3) is 0.929. The Bertz CT molecular complexity index is 266. The van der Waals surface area contributed by atoms with Crippen molar-refractivity contribution in [3.63, 3.8) is 0 Å². The second-order valence-electron chi connectivity index (χ2n) is 6.14. The third-order valence-corrected chi connectivity index (χ3v) is 4.45. The van der Waals surface area contributed by atoms with E-state index in [4.69, 9.17) is 5.73 Å². The quantitative estimate of drug-likeness (QED) is 0.789. The lowest BCUT2D eigenvalue weighted by Crippen LogP contribution is -2.48. The van der Waals surface area contributed by atoms with Gasteiger partial charge in [0.05, 0.1) is 6.54 Å². The summed E-state index contributed by atoms with van der Waals surface area (Å²) in [7, 11) is 0. The van der Waals surface area contributed by atoms with Crippen molar-refractivity contribution in [3.8, 4) is 0 Å². The molecule has 1 aliphatic heterocycles. The summed E-state index contributed by atoms with van der Waals surface area (Å²) in [5.41, 5.74) is 5.22. The minimum Gasteiger partial charge on any atom is -0.369 e. The van der Waals surface area contributed by atoms with E-state index in [0.29, 0.717) is 12.6 Å². The SMILES string of the molecule is CC1CCC(NC2CCN(CC(N)=O)CC2)CC1. The van der Waals surface area contributed by atoms with Gasteiger partial charge in [-0.05, 0) is 44.4 Å². The molecule has 1 saturated carbocycles. The van der Waals surface area contributed by atoms with Crippen molar-refractivity contribution < 1.29 is 4.79 Å². The highest BCUT2D eigenvalue weighted by Gasteiger charge is 2.24. The molecule has 4 heteroatoms. The van der Waals surface area contributed by atoms with Crippen LogP contribution in [0.2, 0.25) is 0 Å². The molecule has 1 aliphatic carbocycles. The van der Waals surface area contributed by atoms with Gasteiger partial charge in [0.25, 0.3) is 0 Å². The molecule has 0 aromatic heterocycles. The molecule has 2 rings (SSSR count). The van der Waals surface area contributed by atoms with E-state index in [-0.39, 0.29) is 5.91 Å². The molecule has 18 heavy (non-hydrogen) atoms. The number of hydrogen-bond acceptors (Lipinski definition) is 3. The van der Waals surface area contributed by atoms with Crippen LogP contribution in [0.5, 0.6) is 0 Å². The van der Waals surface area contributed by atoms with Gasteiger partial charge in [-0.3, -0.25) is 9.69 Å². The van der Waals surface area contributed by atoms with Gasteiger partial charge in [0.1, 0.15) is 0 Å². The first-order chi connectivity index (χ1) is 8.63. The molecular formula is C14H27N3O. The number of hydrogen-bond donors (Lipinski definition) is 2. The molecule has 0 radical (unpaired) electrons. The standard InChI is InChI=1S/C14H27N3O/c1-11-2-4-12(5-3-11)16-13-6-8-17(9-7-13)10-14(15)18/h11-13,16H,2-10H2,1H3,(H2,15,18). The Labute approximate surface area is 110 Å². The molecule has 1 saturated heterocycles. The van der Waals surface area contributed by atoms with Crippen molar-refractivity contribution in [2.45, 2.75) is 57.5 Å². The summed E-state index contributed by atoms with van der Waals surface area (Å²) in [4.78, 5) is 13.0. The summed E-state index contributed by atoms with van der Waals surface area (Å²) in [6, 6.07) is 1.38. The first-order valence-corrected chi connectivity index (χ1v) is 7.40. The smallest absolute Gasteiger partial charge is 0.231 e. The van der Waals surface area contributed by atoms with Crippen LogP contribution >= 0.6 is 0 Å². The largest absolute Gasteiger partial charge is 0.369 e. The Kier molecular flexibility index (Phi) is 5.01. The fourth-order valence-electron chi connectivity index (χ4n) is 3.24. The summed E-state index contributed by atoms with van der Waals surface area (Å²) < 4.78 is 0.